The second kappa shape index (κ2) is 4.38. The first-order chi connectivity index (χ1) is 7.10. The minimum Gasteiger partial charge on any atom is -0.481 e. The first kappa shape index (κ1) is 10.9. The standard InChI is InChI=1S/C11H9NO3/c1-7-2-3-8(5-12)9(4-11(14)15)10(7)6-13/h2-3,6H,4H2,1H3,(H,14,15). The van der Waals surface area contributed by atoms with Crippen molar-refractivity contribution in [3.63, 3.8) is 0 Å². The van der Waals surface area contributed by atoms with Gasteiger partial charge in [-0.2, -0.15) is 5.26 Å². The monoisotopic (exact) mass is 203 g/mol. The van der Waals surface area contributed by atoms with Crippen LogP contribution in [0, 0.1) is 18.3 Å². The van der Waals surface area contributed by atoms with Crippen LogP contribution in [0.5, 0.6) is 0 Å². The summed E-state index contributed by atoms with van der Waals surface area (Å²) in [5.41, 5.74) is 1.52. The molecular weight excluding hydrogens is 194 g/mol. The molecular formula is C11H9NO3. The first-order valence-electron chi connectivity index (χ1n) is 4.29. The molecule has 0 saturated heterocycles. The Bertz CT molecular complexity index is 458. The van der Waals surface area contributed by atoms with Crippen molar-refractivity contribution in [3.8, 4) is 6.07 Å². The lowest BCUT2D eigenvalue weighted by molar-refractivity contribution is -0.136. The Morgan fingerprint density at radius 3 is 2.73 bits per heavy atom. The van der Waals surface area contributed by atoms with Crippen LogP contribution in [0.15, 0.2) is 12.1 Å². The number of aliphatic carboxylic acids is 1. The average Bonchev–Trinajstić information content (AvgIpc) is 2.18. The van der Waals surface area contributed by atoms with Gasteiger partial charge in [0.2, 0.25) is 0 Å². The lowest BCUT2D eigenvalue weighted by Crippen LogP contribution is -2.07. The number of nitrogens with zero attached hydrogens (tertiary/aromatic N) is 1. The van der Waals surface area contributed by atoms with Gasteiger partial charge in [0, 0.05) is 5.56 Å². The summed E-state index contributed by atoms with van der Waals surface area (Å²) < 4.78 is 0. The molecule has 1 rings (SSSR count). The molecule has 0 aromatic heterocycles. The first-order valence-corrected chi connectivity index (χ1v) is 4.29. The van der Waals surface area contributed by atoms with Gasteiger partial charge in [-0.05, 0) is 24.1 Å². The molecule has 76 valence electrons. The minimum absolute atomic E-state index is 0.241. The Morgan fingerprint density at radius 1 is 1.60 bits per heavy atom. The van der Waals surface area contributed by atoms with Crippen LogP contribution in [0.4, 0.5) is 0 Å². The van der Waals surface area contributed by atoms with Crippen LogP contribution in [-0.2, 0) is 11.2 Å². The Morgan fingerprint density at radius 2 is 2.27 bits per heavy atom. The van der Waals surface area contributed by atoms with Crippen LogP contribution in [0.1, 0.15) is 27.0 Å². The number of benzene rings is 1. The smallest absolute Gasteiger partial charge is 0.307 e. The van der Waals surface area contributed by atoms with Gasteiger partial charge < -0.3 is 5.11 Å². The van der Waals surface area contributed by atoms with Crippen LogP contribution >= 0.6 is 0 Å². The average molecular weight is 203 g/mol. The summed E-state index contributed by atoms with van der Waals surface area (Å²) in [5, 5.41) is 17.5. The van der Waals surface area contributed by atoms with Gasteiger partial charge in [-0.25, -0.2) is 0 Å². The molecule has 1 aromatic rings. The van der Waals surface area contributed by atoms with E-state index in [1.165, 1.54) is 6.07 Å². The predicted molar refractivity (Wildman–Crippen MR) is 52.6 cm³/mol. The maximum absolute atomic E-state index is 10.8. The summed E-state index contributed by atoms with van der Waals surface area (Å²) in [6.07, 6.45) is 0.285. The highest BCUT2D eigenvalue weighted by molar-refractivity contribution is 5.84. The Kier molecular flexibility index (Phi) is 3.19. The van der Waals surface area contributed by atoms with Crippen molar-refractivity contribution in [2.75, 3.05) is 0 Å². The molecule has 0 aliphatic carbocycles. The third-order valence-corrected chi connectivity index (χ3v) is 2.14. The molecule has 15 heavy (non-hydrogen) atoms. The number of carbonyl (C=O) groups excluding carboxylic acids is 1. The zero-order valence-corrected chi connectivity index (χ0v) is 8.15. The summed E-state index contributed by atoms with van der Waals surface area (Å²) in [6, 6.07) is 5.04. The normalized spacial score (nSPS) is 9.33. The van der Waals surface area contributed by atoms with Gasteiger partial charge >= 0.3 is 5.97 Å². The topological polar surface area (TPSA) is 78.2 Å². The molecule has 4 heteroatoms. The lowest BCUT2D eigenvalue weighted by Gasteiger charge is -2.07. The number of hydrogen-bond donors (Lipinski definition) is 1. The third kappa shape index (κ3) is 2.20. The number of nitriles is 1. The quantitative estimate of drug-likeness (QED) is 0.751. The van der Waals surface area contributed by atoms with E-state index in [2.05, 4.69) is 0 Å². The van der Waals surface area contributed by atoms with Gasteiger partial charge in [0.15, 0.2) is 6.29 Å². The van der Waals surface area contributed by atoms with Crippen molar-refractivity contribution in [3.05, 3.63) is 34.4 Å². The SMILES string of the molecule is Cc1ccc(C#N)c(CC(=O)O)c1C=O. The molecule has 0 saturated carbocycles. The van der Waals surface area contributed by atoms with Gasteiger partial charge in [0.1, 0.15) is 0 Å². The molecule has 0 spiro atoms. The molecule has 0 atom stereocenters. The van der Waals surface area contributed by atoms with E-state index in [1.54, 1.807) is 13.0 Å². The van der Waals surface area contributed by atoms with E-state index in [-0.39, 0.29) is 12.0 Å². The van der Waals surface area contributed by atoms with Gasteiger partial charge in [0.25, 0.3) is 0 Å². The van der Waals surface area contributed by atoms with E-state index >= 15 is 0 Å². The van der Waals surface area contributed by atoms with E-state index in [0.29, 0.717) is 23.0 Å². The van der Waals surface area contributed by atoms with E-state index in [0.717, 1.165) is 0 Å². The number of aryl methyl sites for hydroxylation is 1. The molecule has 0 aliphatic rings. The summed E-state index contributed by atoms with van der Waals surface area (Å²) in [4.78, 5) is 21.4. The van der Waals surface area contributed by atoms with Crippen LogP contribution in [0.25, 0.3) is 0 Å². The van der Waals surface area contributed by atoms with Gasteiger partial charge in [-0.1, -0.05) is 6.07 Å². The summed E-state index contributed by atoms with van der Waals surface area (Å²) in [6.45, 7) is 1.70. The minimum atomic E-state index is -1.06. The van der Waals surface area contributed by atoms with Gasteiger partial charge in [-0.15, -0.1) is 0 Å². The maximum atomic E-state index is 10.8. The largest absolute Gasteiger partial charge is 0.481 e. The number of carbonyl (C=O) groups is 2. The molecule has 0 heterocycles. The van der Waals surface area contributed by atoms with E-state index < -0.39 is 5.97 Å². The fraction of sp³-hybridized carbons (Fsp3) is 0.182. The fourth-order valence-corrected chi connectivity index (χ4v) is 1.39. The number of hydrogen-bond acceptors (Lipinski definition) is 3. The predicted octanol–water partition coefficient (Wildman–Crippen LogP) is 1.31. The highest BCUT2D eigenvalue weighted by Crippen LogP contribution is 2.17. The molecule has 0 fully saturated rings. The van der Waals surface area contributed by atoms with Crippen LogP contribution in [0.2, 0.25) is 0 Å². The summed E-state index contributed by atoms with van der Waals surface area (Å²) >= 11 is 0. The van der Waals surface area contributed by atoms with Crippen molar-refractivity contribution in [1.29, 1.82) is 5.26 Å². The highest BCUT2D eigenvalue weighted by atomic mass is 16.4. The fourth-order valence-electron chi connectivity index (χ4n) is 1.39. The lowest BCUT2D eigenvalue weighted by atomic mass is 9.96. The van der Waals surface area contributed by atoms with Gasteiger partial charge in [-0.3, -0.25) is 9.59 Å². The molecule has 4 nitrogen and oxygen atoms in total. The molecule has 1 N–H and O–H groups in total. The molecule has 1 aromatic carbocycles. The van der Waals surface area contributed by atoms with Crippen molar-refractivity contribution >= 4 is 12.3 Å². The van der Waals surface area contributed by atoms with Crippen molar-refractivity contribution < 1.29 is 14.7 Å². The summed E-state index contributed by atoms with van der Waals surface area (Å²) in [7, 11) is 0. The molecule has 0 radical (unpaired) electrons. The molecule has 0 unspecified atom stereocenters. The second-order valence-electron chi connectivity index (χ2n) is 3.12. The number of aldehydes is 1. The molecule has 0 bridgehead atoms. The van der Waals surface area contributed by atoms with Crippen molar-refractivity contribution in [2.45, 2.75) is 13.3 Å². The van der Waals surface area contributed by atoms with E-state index in [4.69, 9.17) is 10.4 Å². The third-order valence-electron chi connectivity index (χ3n) is 2.14. The van der Waals surface area contributed by atoms with Crippen LogP contribution in [0.3, 0.4) is 0 Å². The maximum Gasteiger partial charge on any atom is 0.307 e. The Hall–Kier alpha value is -2.15. The molecule has 0 aliphatic heterocycles. The number of rotatable bonds is 3. The summed E-state index contributed by atoms with van der Waals surface area (Å²) in [5.74, 6) is -1.06. The van der Waals surface area contributed by atoms with Crippen molar-refractivity contribution in [2.24, 2.45) is 0 Å². The zero-order chi connectivity index (χ0) is 11.4. The van der Waals surface area contributed by atoms with Gasteiger partial charge in [0.05, 0.1) is 18.1 Å². The van der Waals surface area contributed by atoms with E-state index in [1.807, 2.05) is 6.07 Å². The van der Waals surface area contributed by atoms with Crippen LogP contribution in [-0.4, -0.2) is 17.4 Å². The van der Waals surface area contributed by atoms with Crippen LogP contribution < -0.4 is 0 Å². The Labute approximate surface area is 86.8 Å². The highest BCUT2D eigenvalue weighted by Gasteiger charge is 2.13. The number of carboxylic acid groups (broad SMARTS) is 1. The molecule has 0 amide bonds. The van der Waals surface area contributed by atoms with Crippen molar-refractivity contribution in [1.82, 2.24) is 0 Å². The Balaban J connectivity index is 3.41. The number of carboxylic acids is 1. The van der Waals surface area contributed by atoms with E-state index in [9.17, 15) is 9.59 Å². The second-order valence-corrected chi connectivity index (χ2v) is 3.12. The zero-order valence-electron chi connectivity index (χ0n) is 8.15.